The zero-order chi connectivity index (χ0) is 12.3. The van der Waals surface area contributed by atoms with E-state index in [0.29, 0.717) is 5.92 Å². The van der Waals surface area contributed by atoms with Crippen LogP contribution in [0.15, 0.2) is 36.7 Å². The second-order valence-corrected chi connectivity index (χ2v) is 4.67. The van der Waals surface area contributed by atoms with E-state index in [2.05, 4.69) is 56.3 Å². The molecule has 0 radical (unpaired) electrons. The highest BCUT2D eigenvalue weighted by atomic mass is 127. The van der Waals surface area contributed by atoms with E-state index >= 15 is 0 Å². The first-order chi connectivity index (χ1) is 8.22. The number of aromatic nitrogens is 2. The molecule has 2 aromatic rings. The maximum Gasteiger partial charge on any atom is 0.138 e. The first-order valence-electron chi connectivity index (χ1n) is 5.50. The molecule has 0 saturated heterocycles. The van der Waals surface area contributed by atoms with Crippen LogP contribution in [0, 0.1) is 0 Å². The van der Waals surface area contributed by atoms with Crippen molar-refractivity contribution in [3.8, 4) is 11.3 Å². The quantitative estimate of drug-likeness (QED) is 0.678. The van der Waals surface area contributed by atoms with Gasteiger partial charge in [0.15, 0.2) is 0 Å². The number of nitrogens with one attached hydrogen (secondary N) is 1. The van der Waals surface area contributed by atoms with Gasteiger partial charge in [-0.15, -0.1) is 0 Å². The van der Waals surface area contributed by atoms with E-state index in [0.717, 1.165) is 17.1 Å². The number of pyridine rings is 2. The summed E-state index contributed by atoms with van der Waals surface area (Å²) in [5.74, 6) is 1.36. The van der Waals surface area contributed by atoms with Crippen LogP contribution in [0.25, 0.3) is 11.3 Å². The first kappa shape index (κ1) is 12.3. The molecule has 2 aromatic heterocycles. The van der Waals surface area contributed by atoms with Crippen molar-refractivity contribution in [2.24, 2.45) is 0 Å². The SMILES string of the molecule is CC(C)c1cc(-c2ccccn2)cnc1NI. The third kappa shape index (κ3) is 2.74. The van der Waals surface area contributed by atoms with Crippen LogP contribution in [-0.2, 0) is 0 Å². The molecule has 0 atom stereocenters. The number of anilines is 1. The summed E-state index contributed by atoms with van der Waals surface area (Å²) in [6.07, 6.45) is 3.66. The van der Waals surface area contributed by atoms with Crippen molar-refractivity contribution in [2.75, 3.05) is 3.53 Å². The highest BCUT2D eigenvalue weighted by Gasteiger charge is 2.09. The van der Waals surface area contributed by atoms with Crippen LogP contribution in [0.1, 0.15) is 25.3 Å². The lowest BCUT2D eigenvalue weighted by atomic mass is 10.0. The topological polar surface area (TPSA) is 37.8 Å². The Morgan fingerprint density at radius 2 is 2.06 bits per heavy atom. The van der Waals surface area contributed by atoms with Gasteiger partial charge in [-0.25, -0.2) is 4.98 Å². The van der Waals surface area contributed by atoms with Crippen LogP contribution in [0.2, 0.25) is 0 Å². The smallest absolute Gasteiger partial charge is 0.138 e. The Morgan fingerprint density at radius 3 is 2.65 bits per heavy atom. The van der Waals surface area contributed by atoms with Gasteiger partial charge in [0.1, 0.15) is 5.82 Å². The van der Waals surface area contributed by atoms with Crippen LogP contribution in [0.4, 0.5) is 5.82 Å². The molecule has 0 bridgehead atoms. The summed E-state index contributed by atoms with van der Waals surface area (Å²) >= 11 is 2.11. The second-order valence-electron chi connectivity index (χ2n) is 4.13. The summed E-state index contributed by atoms with van der Waals surface area (Å²) in [6.45, 7) is 4.33. The average Bonchev–Trinajstić information content (AvgIpc) is 2.39. The Balaban J connectivity index is 2.48. The average molecular weight is 339 g/mol. The predicted molar refractivity (Wildman–Crippen MR) is 79.2 cm³/mol. The molecule has 0 fully saturated rings. The van der Waals surface area contributed by atoms with Crippen molar-refractivity contribution < 1.29 is 0 Å². The number of hydrogen-bond acceptors (Lipinski definition) is 3. The van der Waals surface area contributed by atoms with Gasteiger partial charge in [-0.3, -0.25) is 4.98 Å². The molecule has 0 unspecified atom stereocenters. The minimum Gasteiger partial charge on any atom is -0.313 e. The number of halogens is 1. The number of rotatable bonds is 3. The molecule has 3 nitrogen and oxygen atoms in total. The molecular formula is C13H14IN3. The molecule has 0 amide bonds. The Bertz CT molecular complexity index is 497. The lowest BCUT2D eigenvalue weighted by molar-refractivity contribution is 0.864. The fourth-order valence-corrected chi connectivity index (χ4v) is 2.13. The predicted octanol–water partition coefficient (Wildman–Crippen LogP) is 4.03. The summed E-state index contributed by atoms with van der Waals surface area (Å²) < 4.78 is 3.09. The van der Waals surface area contributed by atoms with Crippen LogP contribution >= 0.6 is 22.9 Å². The summed E-state index contributed by atoms with van der Waals surface area (Å²) in [7, 11) is 0. The Labute approximate surface area is 115 Å². The number of nitrogens with zero attached hydrogens (tertiary/aromatic N) is 2. The van der Waals surface area contributed by atoms with Crippen LogP contribution < -0.4 is 3.53 Å². The van der Waals surface area contributed by atoms with Crippen LogP contribution in [-0.4, -0.2) is 9.97 Å². The van der Waals surface area contributed by atoms with Gasteiger partial charge in [0.25, 0.3) is 0 Å². The molecule has 2 rings (SSSR count). The summed E-state index contributed by atoms with van der Waals surface area (Å²) in [4.78, 5) is 8.78. The summed E-state index contributed by atoms with van der Waals surface area (Å²) in [5, 5.41) is 0. The largest absolute Gasteiger partial charge is 0.313 e. The van der Waals surface area contributed by atoms with Crippen LogP contribution in [0.3, 0.4) is 0 Å². The highest BCUT2D eigenvalue weighted by molar-refractivity contribution is 14.1. The van der Waals surface area contributed by atoms with Crippen molar-refractivity contribution in [3.05, 3.63) is 42.2 Å². The van der Waals surface area contributed by atoms with Gasteiger partial charge in [0.05, 0.1) is 28.6 Å². The van der Waals surface area contributed by atoms with Gasteiger partial charge >= 0.3 is 0 Å². The van der Waals surface area contributed by atoms with Gasteiger partial charge < -0.3 is 3.53 Å². The van der Waals surface area contributed by atoms with Crippen LogP contribution in [0.5, 0.6) is 0 Å². The van der Waals surface area contributed by atoms with Crippen molar-refractivity contribution in [2.45, 2.75) is 19.8 Å². The van der Waals surface area contributed by atoms with E-state index in [-0.39, 0.29) is 0 Å². The first-order valence-corrected chi connectivity index (χ1v) is 6.58. The van der Waals surface area contributed by atoms with Gasteiger partial charge in [-0.1, -0.05) is 19.9 Å². The van der Waals surface area contributed by atoms with E-state index in [4.69, 9.17) is 0 Å². The highest BCUT2D eigenvalue weighted by Crippen LogP contribution is 2.27. The standard InChI is InChI=1S/C13H14IN3/c1-9(2)11-7-10(8-16-13(11)17-14)12-5-3-4-6-15-12/h3-9H,1-2H3,(H,16,17). The fourth-order valence-electron chi connectivity index (χ4n) is 1.67. The fraction of sp³-hybridized carbons (Fsp3) is 0.231. The Morgan fingerprint density at radius 1 is 1.24 bits per heavy atom. The monoisotopic (exact) mass is 339 g/mol. The lowest BCUT2D eigenvalue weighted by Crippen LogP contribution is -1.97. The molecule has 0 aliphatic heterocycles. The van der Waals surface area contributed by atoms with E-state index in [1.54, 1.807) is 6.20 Å². The Hall–Kier alpha value is -1.17. The summed E-state index contributed by atoms with van der Waals surface area (Å²) in [6, 6.07) is 8.06. The van der Waals surface area contributed by atoms with Gasteiger partial charge in [0, 0.05) is 18.0 Å². The molecule has 4 heteroatoms. The molecule has 2 heterocycles. The summed E-state index contributed by atoms with van der Waals surface area (Å²) in [5.41, 5.74) is 3.23. The van der Waals surface area contributed by atoms with Gasteiger partial charge in [0.2, 0.25) is 0 Å². The zero-order valence-corrected chi connectivity index (χ0v) is 12.0. The molecule has 0 aromatic carbocycles. The normalized spacial score (nSPS) is 10.6. The molecule has 17 heavy (non-hydrogen) atoms. The van der Waals surface area contributed by atoms with Crippen molar-refractivity contribution in [3.63, 3.8) is 0 Å². The molecule has 0 saturated carbocycles. The van der Waals surface area contributed by atoms with E-state index in [1.165, 1.54) is 5.56 Å². The van der Waals surface area contributed by atoms with Crippen molar-refractivity contribution in [1.29, 1.82) is 0 Å². The van der Waals surface area contributed by atoms with E-state index in [9.17, 15) is 0 Å². The van der Waals surface area contributed by atoms with Gasteiger partial charge in [-0.05, 0) is 29.7 Å². The molecule has 88 valence electrons. The maximum absolute atomic E-state index is 4.44. The van der Waals surface area contributed by atoms with Crippen molar-refractivity contribution >= 4 is 28.7 Å². The van der Waals surface area contributed by atoms with E-state index in [1.807, 2.05) is 24.4 Å². The van der Waals surface area contributed by atoms with Crippen molar-refractivity contribution in [1.82, 2.24) is 9.97 Å². The number of hydrogen-bond donors (Lipinski definition) is 1. The molecule has 0 aliphatic carbocycles. The Kier molecular flexibility index (Phi) is 3.93. The molecule has 0 spiro atoms. The second kappa shape index (κ2) is 5.44. The minimum absolute atomic E-state index is 0.434. The third-order valence-corrected chi connectivity index (χ3v) is 3.10. The van der Waals surface area contributed by atoms with Gasteiger partial charge in [-0.2, -0.15) is 0 Å². The molecular weight excluding hydrogens is 325 g/mol. The molecule has 0 aliphatic rings. The zero-order valence-electron chi connectivity index (χ0n) is 9.81. The maximum atomic E-state index is 4.44. The van der Waals surface area contributed by atoms with E-state index < -0.39 is 0 Å². The third-order valence-electron chi connectivity index (χ3n) is 2.59. The minimum atomic E-state index is 0.434. The lowest BCUT2D eigenvalue weighted by Gasteiger charge is -2.12. The molecule has 1 N–H and O–H groups in total.